The molecule has 0 radical (unpaired) electrons. The largest absolute Gasteiger partial charge is 0.244 e. The minimum atomic E-state index is -3.50. The van der Waals surface area contributed by atoms with E-state index in [-0.39, 0.29) is 6.04 Å². The lowest BCUT2D eigenvalue weighted by atomic mass is 10.2. The quantitative estimate of drug-likeness (QED) is 0.663. The van der Waals surface area contributed by atoms with Gasteiger partial charge in [-0.3, -0.25) is 0 Å². The molecule has 106 valence electrons. The minimum Gasteiger partial charge on any atom is -0.207 e. The third-order valence-electron chi connectivity index (χ3n) is 3.06. The van der Waals surface area contributed by atoms with Gasteiger partial charge in [0.25, 0.3) is 0 Å². The van der Waals surface area contributed by atoms with E-state index in [1.807, 2.05) is 13.0 Å². The Morgan fingerprint density at radius 2 is 1.95 bits per heavy atom. The summed E-state index contributed by atoms with van der Waals surface area (Å²) in [6, 6.07) is 3.57. The Balaban J connectivity index is 2.46. The lowest BCUT2D eigenvalue weighted by Crippen LogP contribution is -2.35. The molecule has 0 spiro atoms. The molecule has 2 rings (SSSR count). The molecule has 0 aliphatic heterocycles. The van der Waals surface area contributed by atoms with E-state index < -0.39 is 10.0 Å². The highest BCUT2D eigenvalue weighted by Crippen LogP contribution is 2.36. The molecule has 0 amide bonds. The Morgan fingerprint density at radius 3 is 2.47 bits per heavy atom. The standard InChI is InChI=1S/C12H14Br2ClNO2S/c1-8-6-11(14)12(7-10(8)13)19(17,18)16(5-4-15)9-2-3-9/h6-7,9H,2-5H2,1H3. The van der Waals surface area contributed by atoms with Gasteiger partial charge in [-0.1, -0.05) is 15.9 Å². The van der Waals surface area contributed by atoms with Crippen LogP contribution in [0, 0.1) is 6.92 Å². The second-order valence-corrected chi connectivity index (χ2v) is 8.51. The molecule has 0 saturated heterocycles. The van der Waals surface area contributed by atoms with Crippen LogP contribution < -0.4 is 0 Å². The van der Waals surface area contributed by atoms with Gasteiger partial charge in [0.1, 0.15) is 0 Å². The maximum absolute atomic E-state index is 12.7. The molecular weight excluding hydrogens is 417 g/mol. The average molecular weight is 432 g/mol. The molecule has 1 aromatic rings. The van der Waals surface area contributed by atoms with E-state index in [2.05, 4.69) is 31.9 Å². The van der Waals surface area contributed by atoms with Crippen molar-refractivity contribution < 1.29 is 8.42 Å². The number of sulfonamides is 1. The fraction of sp³-hybridized carbons (Fsp3) is 0.500. The van der Waals surface area contributed by atoms with Crippen LogP contribution in [0.5, 0.6) is 0 Å². The molecule has 0 atom stereocenters. The van der Waals surface area contributed by atoms with Gasteiger partial charge in [-0.25, -0.2) is 8.42 Å². The number of halogens is 3. The molecule has 0 bridgehead atoms. The van der Waals surface area contributed by atoms with Crippen LogP contribution in [0.4, 0.5) is 0 Å². The zero-order valence-electron chi connectivity index (χ0n) is 10.4. The van der Waals surface area contributed by atoms with Crippen molar-refractivity contribution in [2.75, 3.05) is 12.4 Å². The summed E-state index contributed by atoms with van der Waals surface area (Å²) >= 11 is 12.5. The number of hydrogen-bond acceptors (Lipinski definition) is 2. The van der Waals surface area contributed by atoms with Crippen molar-refractivity contribution in [3.05, 3.63) is 26.6 Å². The summed E-state index contributed by atoms with van der Waals surface area (Å²) in [4.78, 5) is 0.294. The van der Waals surface area contributed by atoms with Gasteiger partial charge >= 0.3 is 0 Å². The van der Waals surface area contributed by atoms with Crippen LogP contribution in [0.3, 0.4) is 0 Å². The molecule has 3 nitrogen and oxygen atoms in total. The maximum atomic E-state index is 12.7. The molecule has 19 heavy (non-hydrogen) atoms. The van der Waals surface area contributed by atoms with Crippen LogP contribution in [0.15, 0.2) is 26.0 Å². The number of alkyl halides is 1. The third-order valence-corrected chi connectivity index (χ3v) is 6.99. The van der Waals surface area contributed by atoms with Crippen LogP contribution >= 0.6 is 43.5 Å². The molecule has 1 fully saturated rings. The van der Waals surface area contributed by atoms with E-state index in [0.717, 1.165) is 22.9 Å². The fourth-order valence-corrected chi connectivity index (χ4v) is 5.51. The van der Waals surface area contributed by atoms with Crippen molar-refractivity contribution in [1.82, 2.24) is 4.31 Å². The Morgan fingerprint density at radius 1 is 1.32 bits per heavy atom. The number of aryl methyl sites for hydroxylation is 1. The summed E-state index contributed by atoms with van der Waals surface area (Å²) in [6.45, 7) is 2.27. The van der Waals surface area contributed by atoms with Gasteiger partial charge in [0.05, 0.1) is 4.90 Å². The van der Waals surface area contributed by atoms with Crippen LogP contribution in [0.25, 0.3) is 0 Å². The summed E-state index contributed by atoms with van der Waals surface area (Å²) in [7, 11) is -3.50. The highest BCUT2D eigenvalue weighted by molar-refractivity contribution is 9.11. The van der Waals surface area contributed by atoms with E-state index in [4.69, 9.17) is 11.6 Å². The average Bonchev–Trinajstić information content (AvgIpc) is 3.14. The van der Waals surface area contributed by atoms with Gasteiger partial charge in [0.15, 0.2) is 0 Å². The van der Waals surface area contributed by atoms with Crippen LogP contribution in [0.1, 0.15) is 18.4 Å². The van der Waals surface area contributed by atoms with E-state index in [1.165, 1.54) is 4.31 Å². The Kier molecular flexibility index (Phi) is 4.99. The number of hydrogen-bond donors (Lipinski definition) is 0. The molecule has 0 N–H and O–H groups in total. The molecule has 0 heterocycles. The normalized spacial score (nSPS) is 16.1. The van der Waals surface area contributed by atoms with Gasteiger partial charge in [-0.2, -0.15) is 4.31 Å². The van der Waals surface area contributed by atoms with Crippen LogP contribution in [-0.4, -0.2) is 31.2 Å². The first-order chi connectivity index (χ1) is 8.87. The second-order valence-electron chi connectivity index (χ2n) is 4.57. The van der Waals surface area contributed by atoms with Gasteiger partial charge in [0.2, 0.25) is 10.0 Å². The zero-order valence-corrected chi connectivity index (χ0v) is 15.1. The third kappa shape index (κ3) is 3.35. The van der Waals surface area contributed by atoms with E-state index in [0.29, 0.717) is 21.8 Å². The van der Waals surface area contributed by atoms with E-state index in [1.54, 1.807) is 6.07 Å². The van der Waals surface area contributed by atoms with Crippen LogP contribution in [0.2, 0.25) is 0 Å². The first-order valence-corrected chi connectivity index (χ1v) is 9.47. The lowest BCUT2D eigenvalue weighted by molar-refractivity contribution is 0.422. The maximum Gasteiger partial charge on any atom is 0.244 e. The van der Waals surface area contributed by atoms with Crippen molar-refractivity contribution >= 4 is 53.5 Å². The number of benzene rings is 1. The topological polar surface area (TPSA) is 37.4 Å². The predicted molar refractivity (Wildman–Crippen MR) is 84.2 cm³/mol. The predicted octanol–water partition coefficient (Wildman–Crippen LogP) is 3.91. The smallest absolute Gasteiger partial charge is 0.207 e. The van der Waals surface area contributed by atoms with Crippen molar-refractivity contribution in [2.45, 2.75) is 30.7 Å². The van der Waals surface area contributed by atoms with Gasteiger partial charge < -0.3 is 0 Å². The lowest BCUT2D eigenvalue weighted by Gasteiger charge is -2.22. The van der Waals surface area contributed by atoms with E-state index in [9.17, 15) is 8.42 Å². The molecule has 0 unspecified atom stereocenters. The SMILES string of the molecule is Cc1cc(Br)c(S(=O)(=O)N(CCCl)C2CC2)cc1Br. The molecule has 1 saturated carbocycles. The first kappa shape index (κ1) is 15.8. The highest BCUT2D eigenvalue weighted by atomic mass is 79.9. The fourth-order valence-electron chi connectivity index (χ4n) is 1.90. The van der Waals surface area contributed by atoms with Gasteiger partial charge in [0, 0.05) is 27.4 Å². The summed E-state index contributed by atoms with van der Waals surface area (Å²) in [5, 5.41) is 0. The summed E-state index contributed by atoms with van der Waals surface area (Å²) in [5.41, 5.74) is 0.987. The summed E-state index contributed by atoms with van der Waals surface area (Å²) in [6.07, 6.45) is 1.83. The first-order valence-electron chi connectivity index (χ1n) is 5.91. The van der Waals surface area contributed by atoms with E-state index >= 15 is 0 Å². The van der Waals surface area contributed by atoms with Crippen molar-refractivity contribution in [2.24, 2.45) is 0 Å². The van der Waals surface area contributed by atoms with Gasteiger partial charge in [-0.15, -0.1) is 11.6 Å². The Hall–Kier alpha value is 0.380. The van der Waals surface area contributed by atoms with Crippen molar-refractivity contribution in [3.63, 3.8) is 0 Å². The highest BCUT2D eigenvalue weighted by Gasteiger charge is 2.38. The number of rotatable bonds is 5. The zero-order chi connectivity index (χ0) is 14.2. The monoisotopic (exact) mass is 429 g/mol. The molecule has 0 aromatic heterocycles. The van der Waals surface area contributed by atoms with Crippen molar-refractivity contribution in [3.8, 4) is 0 Å². The Bertz CT molecular complexity index is 588. The number of nitrogens with zero attached hydrogens (tertiary/aromatic N) is 1. The molecule has 1 aromatic carbocycles. The van der Waals surface area contributed by atoms with Gasteiger partial charge in [-0.05, 0) is 53.4 Å². The molecule has 1 aliphatic carbocycles. The second kappa shape index (κ2) is 6.02. The molecule has 7 heteroatoms. The molecular formula is C12H14Br2ClNO2S. The Labute approximate surface area is 135 Å². The minimum absolute atomic E-state index is 0.107. The van der Waals surface area contributed by atoms with Crippen LogP contribution in [-0.2, 0) is 10.0 Å². The molecule has 1 aliphatic rings. The summed E-state index contributed by atoms with van der Waals surface area (Å²) in [5.74, 6) is 0.306. The summed E-state index contributed by atoms with van der Waals surface area (Å²) < 4.78 is 28.3. The van der Waals surface area contributed by atoms with Crippen molar-refractivity contribution in [1.29, 1.82) is 0 Å².